The Morgan fingerprint density at radius 1 is 0.821 bits per heavy atom. The average Bonchev–Trinajstić information content (AvgIpc) is 4.00. The van der Waals surface area contributed by atoms with E-state index in [0.29, 0.717) is 37.4 Å². The molecule has 3 aromatic rings. The largest absolute Gasteiger partial charge is 0.370 e. The summed E-state index contributed by atoms with van der Waals surface area (Å²) in [5, 5.41) is 19.3. The van der Waals surface area contributed by atoms with Gasteiger partial charge in [-0.15, -0.1) is 0 Å². The monoisotopic (exact) mass is 758 g/mol. The Labute approximate surface area is 328 Å². The maximum Gasteiger partial charge on any atom is 0.312 e. The van der Waals surface area contributed by atoms with Gasteiger partial charge in [-0.05, 0) is 92.7 Å². The number of carbonyl (C=O) groups excluding carboxylic acids is 3. The molecule has 2 saturated heterocycles. The zero-order valence-electron chi connectivity index (χ0n) is 32.5. The van der Waals surface area contributed by atoms with E-state index in [1.54, 1.807) is 4.90 Å². The summed E-state index contributed by atoms with van der Waals surface area (Å²) in [6, 6.07) is 17.0. The molecular formula is C44H54N8O4. The third-order valence-corrected chi connectivity index (χ3v) is 13.0. The summed E-state index contributed by atoms with van der Waals surface area (Å²) in [7, 11) is 0. The molecule has 6 aliphatic rings. The van der Waals surface area contributed by atoms with Gasteiger partial charge < -0.3 is 30.2 Å². The number of hydrogen-bond acceptors (Lipinski definition) is 8. The second-order valence-electron chi connectivity index (χ2n) is 17.2. The van der Waals surface area contributed by atoms with Crippen molar-refractivity contribution in [3.05, 3.63) is 66.1 Å². The van der Waals surface area contributed by atoms with Gasteiger partial charge in [-0.25, -0.2) is 4.98 Å². The highest BCUT2D eigenvalue weighted by atomic mass is 16.3. The summed E-state index contributed by atoms with van der Waals surface area (Å²) in [6.07, 6.45) is 11.9. The van der Waals surface area contributed by atoms with Gasteiger partial charge in [-0.2, -0.15) is 0 Å². The number of hydrogen-bond donors (Lipinski definition) is 3. The van der Waals surface area contributed by atoms with E-state index in [9.17, 15) is 19.5 Å². The molecule has 3 heterocycles. The number of H-pyrrole nitrogens is 1. The summed E-state index contributed by atoms with van der Waals surface area (Å²) in [5.74, 6) is 0.249. The van der Waals surface area contributed by atoms with Gasteiger partial charge in [0, 0.05) is 49.0 Å². The standard InChI is InChI=1S/C44H54N8O4/c1-26-19-21-49(41(53)43(55)51(32-11-12-32)33-13-14-33)38(26)25-46-36(23-45)30-7-3-28(4-8-30)29-5-9-31(10-6-29)37-24-47-40(48-37)39-27(2)20-22-50(39)42(54)44(56)52(34-15-16-34)35-17-18-35/h3-10,23-24,26-27,32-35,38-39,44-45,56H,11-22,25H2,1-2H3,(H,47,48). The lowest BCUT2D eigenvalue weighted by Gasteiger charge is -2.33. The van der Waals surface area contributed by atoms with Crippen LogP contribution in [0, 0.1) is 17.2 Å². The number of imidazole rings is 1. The molecule has 0 bridgehead atoms. The summed E-state index contributed by atoms with van der Waals surface area (Å²) in [6.45, 7) is 5.80. The number of nitrogens with zero attached hydrogens (tertiary/aromatic N) is 6. The number of aliphatic imine (C=N–C) groups is 1. The Balaban J connectivity index is 0.843. The number of rotatable bonds is 13. The predicted octanol–water partition coefficient (Wildman–Crippen LogP) is 5.43. The highest BCUT2D eigenvalue weighted by molar-refractivity contribution is 6.37. The SMILES string of the molecule is CC1CCN(C(=O)C(=O)N(C2CC2)C2CC2)C1CN=C(C=N)c1ccc(-c2ccc(-c3cnc(C4C(C)CCN4C(=O)C(O)N(C4CC4)C4CC4)[nH]3)cc2)cc1. The molecule has 12 heteroatoms. The molecule has 294 valence electrons. The van der Waals surface area contributed by atoms with Crippen LogP contribution >= 0.6 is 0 Å². The number of aliphatic hydroxyl groups is 1. The van der Waals surface area contributed by atoms with E-state index in [1.807, 2.05) is 40.3 Å². The Bertz CT molecular complexity index is 1970. The Kier molecular flexibility index (Phi) is 9.89. The van der Waals surface area contributed by atoms with Gasteiger partial charge in [-0.3, -0.25) is 24.3 Å². The molecule has 12 nitrogen and oxygen atoms in total. The number of benzene rings is 2. The van der Waals surface area contributed by atoms with E-state index in [-0.39, 0.29) is 47.8 Å². The van der Waals surface area contributed by atoms with Crippen molar-refractivity contribution in [2.24, 2.45) is 16.8 Å². The lowest BCUT2D eigenvalue weighted by Crippen LogP contribution is -2.50. The van der Waals surface area contributed by atoms with Crippen LogP contribution in [0.4, 0.5) is 0 Å². The molecule has 3 amide bonds. The van der Waals surface area contributed by atoms with Crippen molar-refractivity contribution in [1.29, 1.82) is 5.41 Å². The van der Waals surface area contributed by atoms with Crippen molar-refractivity contribution < 1.29 is 19.5 Å². The van der Waals surface area contributed by atoms with Crippen molar-refractivity contribution in [2.45, 2.75) is 121 Å². The molecule has 9 rings (SSSR count). The van der Waals surface area contributed by atoms with Crippen LogP contribution in [0.25, 0.3) is 22.4 Å². The number of aromatic amines is 1. The Hall–Kier alpha value is -4.68. The fraction of sp³-hybridized carbons (Fsp3) is 0.545. The van der Waals surface area contributed by atoms with Crippen molar-refractivity contribution in [2.75, 3.05) is 19.6 Å². The normalized spacial score (nSPS) is 25.8. The van der Waals surface area contributed by atoms with E-state index >= 15 is 0 Å². The van der Waals surface area contributed by atoms with Crippen molar-refractivity contribution in [3.8, 4) is 22.4 Å². The number of amides is 3. The van der Waals surface area contributed by atoms with Gasteiger partial charge in [0.05, 0.1) is 36.2 Å². The van der Waals surface area contributed by atoms with Crippen molar-refractivity contribution >= 4 is 29.6 Å². The average molecular weight is 759 g/mol. The second-order valence-corrected chi connectivity index (χ2v) is 17.2. The number of carbonyl (C=O) groups is 3. The fourth-order valence-corrected chi connectivity index (χ4v) is 9.16. The highest BCUT2D eigenvalue weighted by Crippen LogP contribution is 2.42. The molecule has 56 heavy (non-hydrogen) atoms. The molecule has 3 N–H and O–H groups in total. The number of nitrogens with one attached hydrogen (secondary N) is 2. The van der Waals surface area contributed by atoms with Crippen LogP contribution in [0.1, 0.15) is 95.5 Å². The first-order valence-corrected chi connectivity index (χ1v) is 20.9. The number of likely N-dealkylation sites (tertiary alicyclic amines) is 2. The highest BCUT2D eigenvalue weighted by Gasteiger charge is 2.49. The molecule has 0 spiro atoms. The summed E-state index contributed by atoms with van der Waals surface area (Å²) in [4.78, 5) is 61.0. The van der Waals surface area contributed by atoms with Crippen LogP contribution in [0.5, 0.6) is 0 Å². The molecule has 4 aliphatic carbocycles. The Morgan fingerprint density at radius 3 is 1.96 bits per heavy atom. The first kappa shape index (κ1) is 36.9. The summed E-state index contributed by atoms with van der Waals surface area (Å²) in [5.41, 5.74) is 5.32. The van der Waals surface area contributed by atoms with Crippen LogP contribution < -0.4 is 0 Å². The smallest absolute Gasteiger partial charge is 0.312 e. The predicted molar refractivity (Wildman–Crippen MR) is 214 cm³/mol. The lowest BCUT2D eigenvalue weighted by molar-refractivity contribution is -0.153. The number of aromatic nitrogens is 2. The molecule has 0 radical (unpaired) electrons. The minimum atomic E-state index is -1.08. The topological polar surface area (TPSA) is 149 Å². The third kappa shape index (κ3) is 7.33. The molecule has 5 unspecified atom stereocenters. The van der Waals surface area contributed by atoms with E-state index in [1.165, 1.54) is 6.21 Å². The van der Waals surface area contributed by atoms with E-state index in [4.69, 9.17) is 15.4 Å². The molecular weight excluding hydrogens is 705 g/mol. The van der Waals surface area contributed by atoms with Crippen LogP contribution in [0.3, 0.4) is 0 Å². The second kappa shape index (κ2) is 15.0. The molecule has 6 fully saturated rings. The molecule has 2 aromatic carbocycles. The fourth-order valence-electron chi connectivity index (χ4n) is 9.16. The molecule has 1 aromatic heterocycles. The first-order chi connectivity index (χ1) is 27.2. The van der Waals surface area contributed by atoms with Crippen molar-refractivity contribution in [1.82, 2.24) is 29.6 Å². The van der Waals surface area contributed by atoms with Gasteiger partial charge in [-0.1, -0.05) is 62.4 Å². The summed E-state index contributed by atoms with van der Waals surface area (Å²) >= 11 is 0. The van der Waals surface area contributed by atoms with Gasteiger partial charge in [0.2, 0.25) is 0 Å². The molecule has 5 atom stereocenters. The Morgan fingerprint density at radius 2 is 1.38 bits per heavy atom. The van der Waals surface area contributed by atoms with Gasteiger partial charge in [0.25, 0.3) is 5.91 Å². The van der Waals surface area contributed by atoms with E-state index in [2.05, 4.69) is 48.0 Å². The number of aliphatic hydroxyl groups excluding tert-OH is 1. The quantitative estimate of drug-likeness (QED) is 0.120. The van der Waals surface area contributed by atoms with Crippen LogP contribution in [-0.2, 0) is 14.4 Å². The van der Waals surface area contributed by atoms with Crippen LogP contribution in [0.2, 0.25) is 0 Å². The van der Waals surface area contributed by atoms with Crippen molar-refractivity contribution in [3.63, 3.8) is 0 Å². The van der Waals surface area contributed by atoms with Gasteiger partial charge in [0.1, 0.15) is 5.82 Å². The third-order valence-electron chi connectivity index (χ3n) is 13.0. The maximum atomic E-state index is 13.7. The molecule has 4 saturated carbocycles. The minimum Gasteiger partial charge on any atom is -0.370 e. The van der Waals surface area contributed by atoms with Crippen LogP contribution in [0.15, 0.2) is 59.7 Å². The van der Waals surface area contributed by atoms with E-state index < -0.39 is 12.1 Å². The summed E-state index contributed by atoms with van der Waals surface area (Å²) < 4.78 is 0. The maximum absolute atomic E-state index is 13.7. The minimum absolute atomic E-state index is 0.170. The van der Waals surface area contributed by atoms with Crippen LogP contribution in [-0.4, -0.2) is 120 Å². The first-order valence-electron chi connectivity index (χ1n) is 20.9. The lowest BCUT2D eigenvalue weighted by atomic mass is 10.00. The van der Waals surface area contributed by atoms with Gasteiger partial charge >= 0.3 is 11.8 Å². The van der Waals surface area contributed by atoms with E-state index in [0.717, 1.165) is 98.0 Å². The zero-order chi connectivity index (χ0) is 38.7. The zero-order valence-corrected chi connectivity index (χ0v) is 32.5. The van der Waals surface area contributed by atoms with Gasteiger partial charge in [0.15, 0.2) is 6.23 Å². The molecule has 2 aliphatic heterocycles.